The van der Waals surface area contributed by atoms with Gasteiger partial charge in [0.05, 0.1) is 11.4 Å². The number of anilines is 2. The fourth-order valence-electron chi connectivity index (χ4n) is 6.15. The van der Waals surface area contributed by atoms with Gasteiger partial charge in [-0.1, -0.05) is 38.8 Å². The van der Waals surface area contributed by atoms with E-state index in [-0.39, 0.29) is 0 Å². The van der Waals surface area contributed by atoms with Crippen molar-refractivity contribution in [1.29, 1.82) is 0 Å². The Labute approximate surface area is 244 Å². The van der Waals surface area contributed by atoms with E-state index in [1.807, 2.05) is 23.3 Å². The molecule has 6 rings (SSSR count). The second-order valence-electron chi connectivity index (χ2n) is 11.5. The van der Waals surface area contributed by atoms with E-state index in [0.29, 0.717) is 12.5 Å². The second kappa shape index (κ2) is 12.2. The van der Waals surface area contributed by atoms with Crippen molar-refractivity contribution in [2.24, 2.45) is 5.92 Å². The minimum absolute atomic E-state index is 0.494. The molecule has 0 N–H and O–H groups in total. The van der Waals surface area contributed by atoms with Crippen molar-refractivity contribution in [1.82, 2.24) is 24.5 Å². The highest BCUT2D eigenvalue weighted by molar-refractivity contribution is 5.61. The Hall–Kier alpha value is -4.00. The zero-order valence-electron chi connectivity index (χ0n) is 24.5. The van der Waals surface area contributed by atoms with Crippen LogP contribution in [0.15, 0.2) is 73.6 Å². The van der Waals surface area contributed by atoms with E-state index in [0.717, 1.165) is 65.0 Å². The molecule has 212 valence electrons. The molecule has 1 saturated heterocycles. The maximum Gasteiger partial charge on any atom is 0.140 e. The molecule has 41 heavy (non-hydrogen) atoms. The number of hydrogen-bond donors (Lipinski definition) is 0. The quantitative estimate of drug-likeness (QED) is 0.219. The van der Waals surface area contributed by atoms with Gasteiger partial charge in [-0.25, -0.2) is 15.0 Å². The number of allylic oxidation sites excluding steroid dienone is 1. The molecule has 4 aromatic heterocycles. The maximum absolute atomic E-state index is 4.85. The third-order valence-corrected chi connectivity index (χ3v) is 8.56. The van der Waals surface area contributed by atoms with Crippen LogP contribution in [0.5, 0.6) is 0 Å². The molecule has 2 fully saturated rings. The standard InChI is InChI=1S/C34H41N7/c1-4-30-23-40(24-37-30)34-19-31(18-25(2)38-34)41(26(3)28-10-6-5-7-11-28)22-27-12-14-32(35-20-27)29-13-15-33(36-21-29)39-16-8-9-17-39/h12-15,18-21,23-24,28H,3-11,16-17,22H2,1-2H3. The Morgan fingerprint density at radius 3 is 2.44 bits per heavy atom. The van der Waals surface area contributed by atoms with Crippen LogP contribution in [0.25, 0.3) is 17.1 Å². The van der Waals surface area contributed by atoms with Gasteiger partial charge in [0.1, 0.15) is 18.0 Å². The number of imidazole rings is 1. The Morgan fingerprint density at radius 1 is 0.927 bits per heavy atom. The third kappa shape index (κ3) is 6.19. The number of pyridine rings is 3. The highest BCUT2D eigenvalue weighted by atomic mass is 15.2. The summed E-state index contributed by atoms with van der Waals surface area (Å²) in [4.78, 5) is 23.7. The fourth-order valence-corrected chi connectivity index (χ4v) is 6.15. The summed E-state index contributed by atoms with van der Waals surface area (Å²) in [6, 6.07) is 12.9. The summed E-state index contributed by atoms with van der Waals surface area (Å²) in [5.41, 5.74) is 7.48. The Balaban J connectivity index is 1.26. The number of aromatic nitrogens is 5. The minimum Gasteiger partial charge on any atom is -0.357 e. The van der Waals surface area contributed by atoms with Gasteiger partial charge in [0.25, 0.3) is 0 Å². The molecule has 5 heterocycles. The van der Waals surface area contributed by atoms with E-state index < -0.39 is 0 Å². The van der Waals surface area contributed by atoms with Crippen LogP contribution < -0.4 is 9.80 Å². The van der Waals surface area contributed by atoms with E-state index in [9.17, 15) is 0 Å². The molecule has 1 aliphatic heterocycles. The second-order valence-corrected chi connectivity index (χ2v) is 11.5. The third-order valence-electron chi connectivity index (χ3n) is 8.56. The minimum atomic E-state index is 0.494. The van der Waals surface area contributed by atoms with Crippen molar-refractivity contribution < 1.29 is 0 Å². The topological polar surface area (TPSA) is 63.0 Å². The van der Waals surface area contributed by atoms with Gasteiger partial charge in [-0.3, -0.25) is 9.55 Å². The Bertz CT molecular complexity index is 1460. The molecule has 7 nitrogen and oxygen atoms in total. The summed E-state index contributed by atoms with van der Waals surface area (Å²) in [5, 5.41) is 0. The average Bonchev–Trinajstić information content (AvgIpc) is 3.73. The van der Waals surface area contributed by atoms with Gasteiger partial charge >= 0.3 is 0 Å². The van der Waals surface area contributed by atoms with Gasteiger partial charge in [-0.15, -0.1) is 0 Å². The maximum atomic E-state index is 4.85. The molecular formula is C34H41N7. The van der Waals surface area contributed by atoms with Crippen LogP contribution in [0.4, 0.5) is 11.5 Å². The van der Waals surface area contributed by atoms with E-state index in [4.69, 9.17) is 15.0 Å². The van der Waals surface area contributed by atoms with Gasteiger partial charge in [-0.2, -0.15) is 0 Å². The molecule has 0 amide bonds. The van der Waals surface area contributed by atoms with Gasteiger partial charge < -0.3 is 9.80 Å². The number of rotatable bonds is 9. The number of aryl methyl sites for hydroxylation is 2. The summed E-state index contributed by atoms with van der Waals surface area (Å²) < 4.78 is 2.02. The van der Waals surface area contributed by atoms with E-state index in [2.05, 4.69) is 77.8 Å². The van der Waals surface area contributed by atoms with Gasteiger partial charge in [0.15, 0.2) is 0 Å². The van der Waals surface area contributed by atoms with E-state index >= 15 is 0 Å². The van der Waals surface area contributed by atoms with Crippen LogP contribution >= 0.6 is 0 Å². The zero-order chi connectivity index (χ0) is 28.2. The summed E-state index contributed by atoms with van der Waals surface area (Å²) in [6.45, 7) is 11.8. The molecule has 1 saturated carbocycles. The summed E-state index contributed by atoms with van der Waals surface area (Å²) in [5.74, 6) is 2.44. The highest BCUT2D eigenvalue weighted by Gasteiger charge is 2.23. The molecular weight excluding hydrogens is 506 g/mol. The Morgan fingerprint density at radius 2 is 1.76 bits per heavy atom. The largest absolute Gasteiger partial charge is 0.357 e. The molecule has 0 unspecified atom stereocenters. The lowest BCUT2D eigenvalue weighted by Gasteiger charge is -2.34. The van der Waals surface area contributed by atoms with Crippen LogP contribution in [0.1, 0.15) is 68.8 Å². The van der Waals surface area contributed by atoms with Crippen molar-refractivity contribution in [2.75, 3.05) is 22.9 Å². The summed E-state index contributed by atoms with van der Waals surface area (Å²) >= 11 is 0. The van der Waals surface area contributed by atoms with Crippen molar-refractivity contribution in [3.8, 4) is 17.1 Å². The monoisotopic (exact) mass is 547 g/mol. The van der Waals surface area contributed by atoms with Crippen LogP contribution in [0.2, 0.25) is 0 Å². The molecule has 7 heteroatoms. The van der Waals surface area contributed by atoms with Crippen molar-refractivity contribution in [2.45, 2.75) is 71.8 Å². The number of hydrogen-bond acceptors (Lipinski definition) is 6. The molecule has 1 aliphatic carbocycles. The molecule has 0 bridgehead atoms. The van der Waals surface area contributed by atoms with Crippen LogP contribution in [-0.4, -0.2) is 37.6 Å². The highest BCUT2D eigenvalue weighted by Crippen LogP contribution is 2.35. The van der Waals surface area contributed by atoms with Gasteiger partial charge in [0.2, 0.25) is 0 Å². The van der Waals surface area contributed by atoms with Gasteiger partial charge in [-0.05, 0) is 74.8 Å². The van der Waals surface area contributed by atoms with E-state index in [1.165, 1.54) is 50.6 Å². The predicted octanol–water partition coefficient (Wildman–Crippen LogP) is 7.30. The lowest BCUT2D eigenvalue weighted by atomic mass is 9.86. The predicted molar refractivity (Wildman–Crippen MR) is 166 cm³/mol. The first-order valence-corrected chi connectivity index (χ1v) is 15.2. The van der Waals surface area contributed by atoms with Crippen molar-refractivity contribution in [3.05, 3.63) is 90.5 Å². The van der Waals surface area contributed by atoms with Crippen LogP contribution in [0, 0.1) is 12.8 Å². The molecule has 0 radical (unpaired) electrons. The first-order chi connectivity index (χ1) is 20.1. The molecule has 0 aromatic carbocycles. The van der Waals surface area contributed by atoms with Crippen LogP contribution in [-0.2, 0) is 13.0 Å². The Kier molecular flexibility index (Phi) is 8.12. The van der Waals surface area contributed by atoms with Crippen LogP contribution in [0.3, 0.4) is 0 Å². The lowest BCUT2D eigenvalue weighted by Crippen LogP contribution is -2.28. The normalized spacial score (nSPS) is 15.8. The molecule has 0 atom stereocenters. The summed E-state index contributed by atoms with van der Waals surface area (Å²) in [6.07, 6.45) is 17.6. The molecule has 0 spiro atoms. The fraction of sp³-hybridized carbons (Fsp3) is 0.412. The number of nitrogens with zero attached hydrogens (tertiary/aromatic N) is 7. The zero-order valence-corrected chi connectivity index (χ0v) is 24.5. The SMILES string of the molecule is C=C(C1CCCCC1)N(Cc1ccc(-c2ccc(N3CCCC3)nc2)nc1)c1cc(C)nc(-n2cnc(CC)c2)c1. The molecule has 2 aliphatic rings. The summed E-state index contributed by atoms with van der Waals surface area (Å²) in [7, 11) is 0. The molecule has 4 aromatic rings. The average molecular weight is 548 g/mol. The van der Waals surface area contributed by atoms with Crippen molar-refractivity contribution >= 4 is 11.5 Å². The first-order valence-electron chi connectivity index (χ1n) is 15.2. The van der Waals surface area contributed by atoms with Gasteiger partial charge in [0, 0.05) is 66.9 Å². The smallest absolute Gasteiger partial charge is 0.140 e. The lowest BCUT2D eigenvalue weighted by molar-refractivity contribution is 0.396. The van der Waals surface area contributed by atoms with Crippen molar-refractivity contribution in [3.63, 3.8) is 0 Å². The first kappa shape index (κ1) is 27.2. The van der Waals surface area contributed by atoms with E-state index in [1.54, 1.807) is 0 Å².